The Morgan fingerprint density at radius 1 is 1.38 bits per heavy atom. The molecule has 1 aliphatic rings. The van der Waals surface area contributed by atoms with E-state index in [2.05, 4.69) is 11.4 Å². The fourth-order valence-corrected chi connectivity index (χ4v) is 4.66. The average Bonchev–Trinajstić information content (AvgIpc) is 2.91. The van der Waals surface area contributed by atoms with Gasteiger partial charge in [0.2, 0.25) is 0 Å². The van der Waals surface area contributed by atoms with E-state index in [1.54, 1.807) is 0 Å². The molecule has 0 aromatic heterocycles. The Bertz CT molecular complexity index is 577. The maximum absolute atomic E-state index is 12.4. The molecule has 1 heterocycles. The van der Waals surface area contributed by atoms with Crippen LogP contribution in [-0.2, 0) is 14.6 Å². The van der Waals surface area contributed by atoms with Crippen LogP contribution in [0.1, 0.15) is 35.6 Å². The van der Waals surface area contributed by atoms with Crippen LogP contribution in [0.15, 0.2) is 18.2 Å². The summed E-state index contributed by atoms with van der Waals surface area (Å²) in [5.41, 5.74) is 3.33. The van der Waals surface area contributed by atoms with E-state index in [-0.39, 0.29) is 23.7 Å². The van der Waals surface area contributed by atoms with Gasteiger partial charge in [0.05, 0.1) is 17.6 Å². The second kappa shape index (κ2) is 6.90. The van der Waals surface area contributed by atoms with Gasteiger partial charge in [-0.05, 0) is 44.9 Å². The molecule has 2 unspecified atom stereocenters. The molecule has 21 heavy (non-hydrogen) atoms. The highest BCUT2D eigenvalue weighted by Gasteiger charge is 2.26. The van der Waals surface area contributed by atoms with Gasteiger partial charge in [-0.15, -0.1) is 0 Å². The molecule has 1 fully saturated rings. The Labute approximate surface area is 127 Å². The number of hydrogen-bond donors (Lipinski definition) is 1. The van der Waals surface area contributed by atoms with Crippen molar-refractivity contribution in [2.45, 2.75) is 38.8 Å². The topological polar surface area (TPSA) is 55.4 Å². The average molecular weight is 311 g/mol. The van der Waals surface area contributed by atoms with Crippen molar-refractivity contribution in [2.75, 3.05) is 25.2 Å². The molecule has 0 aliphatic carbocycles. The number of rotatable bonds is 6. The highest BCUT2D eigenvalue weighted by Crippen LogP contribution is 2.22. The molecule has 1 aliphatic heterocycles. The summed E-state index contributed by atoms with van der Waals surface area (Å²) < 4.78 is 30.3. The molecule has 0 radical (unpaired) electrons. The second-order valence-corrected chi connectivity index (χ2v) is 8.07. The van der Waals surface area contributed by atoms with E-state index in [0.29, 0.717) is 6.61 Å². The normalized spacial score (nSPS) is 20.6. The molecule has 2 atom stereocenters. The molecule has 0 bridgehead atoms. The second-order valence-electron chi connectivity index (χ2n) is 5.91. The lowest BCUT2D eigenvalue weighted by Gasteiger charge is -2.20. The first-order valence-electron chi connectivity index (χ1n) is 7.48. The lowest BCUT2D eigenvalue weighted by atomic mass is 10.0. The minimum atomic E-state index is -3.14. The molecule has 1 aromatic carbocycles. The molecule has 1 aromatic rings. The third kappa shape index (κ3) is 4.53. The lowest BCUT2D eigenvalue weighted by molar-refractivity contribution is 0.127. The van der Waals surface area contributed by atoms with Crippen LogP contribution in [0.3, 0.4) is 0 Å². The van der Waals surface area contributed by atoms with Crippen molar-refractivity contribution in [1.29, 1.82) is 0 Å². The maximum Gasteiger partial charge on any atom is 0.154 e. The zero-order valence-corrected chi connectivity index (χ0v) is 13.9. The smallest absolute Gasteiger partial charge is 0.154 e. The van der Waals surface area contributed by atoms with Crippen molar-refractivity contribution >= 4 is 9.84 Å². The van der Waals surface area contributed by atoms with Crippen LogP contribution in [0.5, 0.6) is 0 Å². The Morgan fingerprint density at radius 2 is 2.14 bits per heavy atom. The maximum atomic E-state index is 12.4. The summed E-state index contributed by atoms with van der Waals surface area (Å²) in [5, 5.41) is 3.15. The minimum absolute atomic E-state index is 0.119. The van der Waals surface area contributed by atoms with Gasteiger partial charge in [-0.2, -0.15) is 0 Å². The van der Waals surface area contributed by atoms with Crippen LogP contribution in [0.25, 0.3) is 0 Å². The molecule has 118 valence electrons. The first-order valence-corrected chi connectivity index (χ1v) is 9.30. The summed E-state index contributed by atoms with van der Waals surface area (Å²) in [7, 11) is -1.33. The van der Waals surface area contributed by atoms with Gasteiger partial charge >= 0.3 is 0 Å². The van der Waals surface area contributed by atoms with E-state index in [1.807, 2.05) is 33.0 Å². The van der Waals surface area contributed by atoms with Crippen LogP contribution in [0.4, 0.5) is 0 Å². The number of ether oxygens (including phenoxy) is 1. The molecule has 0 spiro atoms. The summed E-state index contributed by atoms with van der Waals surface area (Å²) >= 11 is 0. The molecule has 0 amide bonds. The first-order chi connectivity index (χ1) is 9.91. The molecule has 5 heteroatoms. The molecule has 1 N–H and O–H groups in total. The van der Waals surface area contributed by atoms with Crippen molar-refractivity contribution in [1.82, 2.24) is 5.32 Å². The number of nitrogens with one attached hydrogen (secondary N) is 1. The van der Waals surface area contributed by atoms with Crippen LogP contribution >= 0.6 is 0 Å². The number of benzene rings is 1. The first kappa shape index (κ1) is 16.5. The fourth-order valence-electron chi connectivity index (χ4n) is 2.84. The van der Waals surface area contributed by atoms with Crippen molar-refractivity contribution in [3.8, 4) is 0 Å². The Hall–Kier alpha value is -0.910. The predicted molar refractivity (Wildman–Crippen MR) is 85.3 cm³/mol. The number of hydrogen-bond acceptors (Lipinski definition) is 4. The summed E-state index contributed by atoms with van der Waals surface area (Å²) in [6.45, 7) is 4.73. The van der Waals surface area contributed by atoms with Gasteiger partial charge < -0.3 is 10.1 Å². The van der Waals surface area contributed by atoms with Crippen LogP contribution in [-0.4, -0.2) is 39.7 Å². The molecule has 1 saturated heterocycles. The van der Waals surface area contributed by atoms with Crippen molar-refractivity contribution in [2.24, 2.45) is 0 Å². The van der Waals surface area contributed by atoms with Crippen molar-refractivity contribution in [3.05, 3.63) is 34.9 Å². The molecule has 0 saturated carbocycles. The van der Waals surface area contributed by atoms with Gasteiger partial charge in [0.15, 0.2) is 9.84 Å². The largest absolute Gasteiger partial charge is 0.377 e. The van der Waals surface area contributed by atoms with Gasteiger partial charge in [0.1, 0.15) is 0 Å². The van der Waals surface area contributed by atoms with E-state index in [1.165, 1.54) is 0 Å². The van der Waals surface area contributed by atoms with E-state index in [9.17, 15) is 8.42 Å². The summed E-state index contributed by atoms with van der Waals surface area (Å²) in [6, 6.07) is 5.99. The molecule has 4 nitrogen and oxygen atoms in total. The molecule has 2 rings (SSSR count). The van der Waals surface area contributed by atoms with E-state index in [0.717, 1.165) is 29.5 Å². The Morgan fingerprint density at radius 3 is 2.76 bits per heavy atom. The van der Waals surface area contributed by atoms with Gasteiger partial charge in [0.25, 0.3) is 0 Å². The lowest BCUT2D eigenvalue weighted by Crippen LogP contribution is -2.30. The van der Waals surface area contributed by atoms with Crippen LogP contribution < -0.4 is 5.32 Å². The van der Waals surface area contributed by atoms with Crippen LogP contribution in [0, 0.1) is 13.8 Å². The van der Waals surface area contributed by atoms with E-state index in [4.69, 9.17) is 4.74 Å². The van der Waals surface area contributed by atoms with Gasteiger partial charge in [-0.3, -0.25) is 0 Å². The molecular weight excluding hydrogens is 286 g/mol. The van der Waals surface area contributed by atoms with Gasteiger partial charge in [0, 0.05) is 12.6 Å². The molecular formula is C16H25NO3S. The van der Waals surface area contributed by atoms with Crippen molar-refractivity contribution < 1.29 is 13.2 Å². The van der Waals surface area contributed by atoms with Crippen LogP contribution in [0.2, 0.25) is 0 Å². The Kier molecular flexibility index (Phi) is 5.41. The highest BCUT2D eigenvalue weighted by atomic mass is 32.2. The van der Waals surface area contributed by atoms with Crippen molar-refractivity contribution in [3.63, 3.8) is 0 Å². The summed E-state index contributed by atoms with van der Waals surface area (Å²) in [4.78, 5) is 0. The third-order valence-corrected chi connectivity index (χ3v) is 5.76. The summed E-state index contributed by atoms with van der Waals surface area (Å²) in [6.07, 6.45) is 1.70. The Balaban J connectivity index is 2.12. The van der Waals surface area contributed by atoms with Gasteiger partial charge in [-0.25, -0.2) is 8.42 Å². The predicted octanol–water partition coefficient (Wildman–Crippen LogP) is 2.16. The van der Waals surface area contributed by atoms with E-state index < -0.39 is 9.84 Å². The summed E-state index contributed by atoms with van der Waals surface area (Å²) in [5.74, 6) is 0.254. The standard InChI is InChI=1S/C16H25NO3S/c1-12-6-7-13(2)15(9-12)16(17-3)11-21(18,19)10-14-5-4-8-20-14/h6-7,9,14,16-17H,4-5,8,10-11H2,1-3H3. The fraction of sp³-hybridized carbons (Fsp3) is 0.625. The number of aryl methyl sites for hydroxylation is 2. The van der Waals surface area contributed by atoms with E-state index >= 15 is 0 Å². The number of sulfone groups is 1. The monoisotopic (exact) mass is 311 g/mol. The zero-order chi connectivity index (χ0) is 15.5. The third-order valence-electron chi connectivity index (χ3n) is 4.04. The SMILES string of the molecule is CNC(CS(=O)(=O)CC1CCCO1)c1cc(C)ccc1C. The zero-order valence-electron chi connectivity index (χ0n) is 13.1. The quantitative estimate of drug-likeness (QED) is 0.875. The van der Waals surface area contributed by atoms with Gasteiger partial charge in [-0.1, -0.05) is 23.8 Å². The highest BCUT2D eigenvalue weighted by molar-refractivity contribution is 7.91. The minimum Gasteiger partial charge on any atom is -0.377 e.